The van der Waals surface area contributed by atoms with Crippen molar-refractivity contribution in [1.82, 2.24) is 4.98 Å². The molecule has 0 N–H and O–H groups in total. The molecule has 82 valence electrons. The van der Waals surface area contributed by atoms with Gasteiger partial charge in [-0.05, 0) is 22.9 Å². The third-order valence-corrected chi connectivity index (χ3v) is 2.80. The van der Waals surface area contributed by atoms with Crippen LogP contribution in [0.4, 0.5) is 0 Å². The SMILES string of the molecule is C#Cc1ccc2ccccc2n1.c1ccsc1. The molecule has 0 aliphatic heterocycles. The number of aromatic nitrogens is 1. The first-order chi connectivity index (χ1) is 8.40. The number of rotatable bonds is 0. The second-order valence-corrected chi connectivity index (χ2v) is 4.14. The van der Waals surface area contributed by atoms with E-state index in [0.717, 1.165) is 10.9 Å². The molecule has 2 heteroatoms. The quantitative estimate of drug-likeness (QED) is 0.539. The summed E-state index contributed by atoms with van der Waals surface area (Å²) in [5.74, 6) is 2.51. The van der Waals surface area contributed by atoms with Crippen LogP contribution < -0.4 is 0 Å². The molecule has 0 spiro atoms. The zero-order valence-electron chi connectivity index (χ0n) is 9.21. The Kier molecular flexibility index (Phi) is 3.90. The molecule has 1 aromatic carbocycles. The Morgan fingerprint density at radius 3 is 2.35 bits per heavy atom. The first-order valence-corrected chi connectivity index (χ1v) is 6.14. The molecule has 0 amide bonds. The van der Waals surface area contributed by atoms with Crippen LogP contribution in [0.3, 0.4) is 0 Å². The molecular weight excluding hydrogens is 226 g/mol. The minimum absolute atomic E-state index is 0.689. The fraction of sp³-hybridized carbons (Fsp3) is 0. The van der Waals surface area contributed by atoms with Gasteiger partial charge in [0, 0.05) is 5.39 Å². The highest BCUT2D eigenvalue weighted by Crippen LogP contribution is 2.10. The van der Waals surface area contributed by atoms with Gasteiger partial charge in [-0.3, -0.25) is 0 Å². The summed E-state index contributed by atoms with van der Waals surface area (Å²) in [5, 5.41) is 5.21. The lowest BCUT2D eigenvalue weighted by Gasteiger charge is -1.95. The van der Waals surface area contributed by atoms with Crippen LogP contribution in [0.2, 0.25) is 0 Å². The lowest BCUT2D eigenvalue weighted by molar-refractivity contribution is 1.36. The largest absolute Gasteiger partial charge is 0.239 e. The monoisotopic (exact) mass is 237 g/mol. The molecule has 0 aliphatic rings. The molecule has 0 bridgehead atoms. The molecule has 3 rings (SSSR count). The van der Waals surface area contributed by atoms with Gasteiger partial charge < -0.3 is 0 Å². The topological polar surface area (TPSA) is 12.9 Å². The summed E-state index contributed by atoms with van der Waals surface area (Å²) < 4.78 is 0. The normalized spacial score (nSPS) is 9.12. The molecule has 0 unspecified atom stereocenters. The number of para-hydroxylation sites is 1. The van der Waals surface area contributed by atoms with Gasteiger partial charge in [-0.2, -0.15) is 11.3 Å². The molecule has 1 nitrogen and oxygen atoms in total. The first-order valence-electron chi connectivity index (χ1n) is 5.20. The molecule has 17 heavy (non-hydrogen) atoms. The summed E-state index contributed by atoms with van der Waals surface area (Å²) in [5.41, 5.74) is 1.64. The summed E-state index contributed by atoms with van der Waals surface area (Å²) in [7, 11) is 0. The number of hydrogen-bond donors (Lipinski definition) is 0. The molecule has 0 aliphatic carbocycles. The van der Waals surface area contributed by atoms with Crippen LogP contribution in [0.1, 0.15) is 5.69 Å². The van der Waals surface area contributed by atoms with Crippen LogP contribution in [0.25, 0.3) is 10.9 Å². The third kappa shape index (κ3) is 3.17. The van der Waals surface area contributed by atoms with E-state index in [1.165, 1.54) is 0 Å². The van der Waals surface area contributed by atoms with Crippen molar-refractivity contribution >= 4 is 22.2 Å². The molecule has 0 fully saturated rings. The van der Waals surface area contributed by atoms with Gasteiger partial charge in [0.1, 0.15) is 5.69 Å². The van der Waals surface area contributed by atoms with E-state index in [-0.39, 0.29) is 0 Å². The second kappa shape index (κ2) is 5.83. The van der Waals surface area contributed by atoms with Crippen molar-refractivity contribution in [2.24, 2.45) is 0 Å². The highest BCUT2D eigenvalue weighted by atomic mass is 32.1. The average Bonchev–Trinajstić information content (AvgIpc) is 2.97. The van der Waals surface area contributed by atoms with Crippen molar-refractivity contribution in [2.75, 3.05) is 0 Å². The third-order valence-electron chi connectivity index (χ3n) is 2.17. The molecule has 2 aromatic heterocycles. The molecule has 0 saturated heterocycles. The zero-order chi connectivity index (χ0) is 11.9. The van der Waals surface area contributed by atoms with Gasteiger partial charge in [-0.1, -0.05) is 42.3 Å². The minimum atomic E-state index is 0.689. The Balaban J connectivity index is 0.000000181. The van der Waals surface area contributed by atoms with E-state index < -0.39 is 0 Å². The Morgan fingerprint density at radius 2 is 1.71 bits per heavy atom. The lowest BCUT2D eigenvalue weighted by atomic mass is 10.2. The summed E-state index contributed by atoms with van der Waals surface area (Å²) >= 11 is 1.71. The number of fused-ring (bicyclic) bond motifs is 1. The summed E-state index contributed by atoms with van der Waals surface area (Å²) in [6.07, 6.45) is 5.23. The van der Waals surface area contributed by atoms with E-state index in [4.69, 9.17) is 6.42 Å². The maximum Gasteiger partial charge on any atom is 0.113 e. The number of nitrogens with zero attached hydrogens (tertiary/aromatic N) is 1. The highest BCUT2D eigenvalue weighted by Gasteiger charge is 1.92. The number of thiophene rings is 1. The first kappa shape index (κ1) is 11.4. The average molecular weight is 237 g/mol. The molecular formula is C15H11NS. The smallest absolute Gasteiger partial charge is 0.113 e. The highest BCUT2D eigenvalue weighted by molar-refractivity contribution is 7.07. The van der Waals surface area contributed by atoms with Gasteiger partial charge in [0.2, 0.25) is 0 Å². The zero-order valence-corrected chi connectivity index (χ0v) is 10.0. The van der Waals surface area contributed by atoms with Crippen LogP contribution in [0.15, 0.2) is 59.3 Å². The predicted octanol–water partition coefficient (Wildman–Crippen LogP) is 3.96. The van der Waals surface area contributed by atoms with Crippen LogP contribution >= 0.6 is 11.3 Å². The molecule has 3 aromatic rings. The second-order valence-electron chi connectivity index (χ2n) is 3.33. The predicted molar refractivity (Wildman–Crippen MR) is 74.0 cm³/mol. The fourth-order valence-corrected chi connectivity index (χ4v) is 1.83. The van der Waals surface area contributed by atoms with Crippen molar-refractivity contribution in [3.8, 4) is 12.3 Å². The standard InChI is InChI=1S/C11H7N.C4H4S/c1-2-10-8-7-9-5-3-4-6-11(9)12-10;1-2-4-5-3-1/h1,3-8H;1-4H. The molecule has 0 radical (unpaired) electrons. The van der Waals surface area contributed by atoms with E-state index in [2.05, 4.69) is 10.9 Å². The lowest BCUT2D eigenvalue weighted by Crippen LogP contribution is -1.82. The van der Waals surface area contributed by atoms with Crippen molar-refractivity contribution in [2.45, 2.75) is 0 Å². The van der Waals surface area contributed by atoms with Gasteiger partial charge in [-0.25, -0.2) is 4.98 Å². The van der Waals surface area contributed by atoms with Crippen molar-refractivity contribution in [3.05, 3.63) is 65.0 Å². The van der Waals surface area contributed by atoms with Gasteiger partial charge in [0.05, 0.1) is 5.52 Å². The van der Waals surface area contributed by atoms with Gasteiger partial charge in [0.15, 0.2) is 0 Å². The van der Waals surface area contributed by atoms with Crippen molar-refractivity contribution < 1.29 is 0 Å². The summed E-state index contributed by atoms with van der Waals surface area (Å²) in [6, 6.07) is 15.8. The Labute approximate surface area is 105 Å². The van der Waals surface area contributed by atoms with E-state index in [1.54, 1.807) is 11.3 Å². The van der Waals surface area contributed by atoms with Crippen LogP contribution in [0, 0.1) is 12.3 Å². The number of terminal acetylenes is 1. The van der Waals surface area contributed by atoms with Crippen molar-refractivity contribution in [3.63, 3.8) is 0 Å². The summed E-state index contributed by atoms with van der Waals surface area (Å²) in [4.78, 5) is 4.26. The van der Waals surface area contributed by atoms with Crippen LogP contribution in [0.5, 0.6) is 0 Å². The maximum atomic E-state index is 5.23. The Morgan fingerprint density at radius 1 is 0.941 bits per heavy atom. The number of pyridine rings is 1. The van der Waals surface area contributed by atoms with Crippen molar-refractivity contribution in [1.29, 1.82) is 0 Å². The van der Waals surface area contributed by atoms with E-state index in [9.17, 15) is 0 Å². The van der Waals surface area contributed by atoms with Crippen LogP contribution in [-0.2, 0) is 0 Å². The van der Waals surface area contributed by atoms with E-state index >= 15 is 0 Å². The van der Waals surface area contributed by atoms with Gasteiger partial charge in [0.25, 0.3) is 0 Å². The number of benzene rings is 1. The van der Waals surface area contributed by atoms with Gasteiger partial charge >= 0.3 is 0 Å². The van der Waals surface area contributed by atoms with E-state index in [0.29, 0.717) is 5.69 Å². The summed E-state index contributed by atoms with van der Waals surface area (Å²) in [6.45, 7) is 0. The van der Waals surface area contributed by atoms with Gasteiger partial charge in [-0.15, -0.1) is 6.42 Å². The Hall–Kier alpha value is -2.11. The van der Waals surface area contributed by atoms with E-state index in [1.807, 2.05) is 59.3 Å². The van der Waals surface area contributed by atoms with Crippen LogP contribution in [-0.4, -0.2) is 4.98 Å². The number of hydrogen-bond acceptors (Lipinski definition) is 2. The molecule has 0 saturated carbocycles. The Bertz CT molecular complexity index is 603. The maximum absolute atomic E-state index is 5.23. The molecule has 0 atom stereocenters. The minimum Gasteiger partial charge on any atom is -0.239 e. The molecule has 2 heterocycles. The fourth-order valence-electron chi connectivity index (χ4n) is 1.37.